The summed E-state index contributed by atoms with van der Waals surface area (Å²) >= 11 is 0. The van der Waals surface area contributed by atoms with Gasteiger partial charge in [0.05, 0.1) is 0 Å². The Morgan fingerprint density at radius 2 is 1.88 bits per heavy atom. The van der Waals surface area contributed by atoms with Crippen LogP contribution in [0.3, 0.4) is 0 Å². The SMILES string of the molecule is CC.CCCNCC1=Cc2ccccc2CC1. The third-order valence-electron chi connectivity index (χ3n) is 2.91. The highest BCUT2D eigenvalue weighted by molar-refractivity contribution is 5.59. The van der Waals surface area contributed by atoms with E-state index in [2.05, 4.69) is 42.6 Å². The Hall–Kier alpha value is -1.08. The number of aryl methyl sites for hydroxylation is 1. The molecule has 0 saturated heterocycles. The van der Waals surface area contributed by atoms with Crippen molar-refractivity contribution in [3.8, 4) is 0 Å². The number of benzene rings is 1. The monoisotopic (exact) mass is 231 g/mol. The number of rotatable bonds is 4. The van der Waals surface area contributed by atoms with Crippen LogP contribution in [-0.2, 0) is 6.42 Å². The summed E-state index contributed by atoms with van der Waals surface area (Å²) in [5.74, 6) is 0. The molecule has 1 aromatic carbocycles. The fourth-order valence-corrected chi connectivity index (χ4v) is 2.06. The van der Waals surface area contributed by atoms with Gasteiger partial charge in [0.25, 0.3) is 0 Å². The zero-order chi connectivity index (χ0) is 12.5. The highest BCUT2D eigenvalue weighted by Crippen LogP contribution is 2.22. The van der Waals surface area contributed by atoms with Gasteiger partial charge in [0, 0.05) is 6.54 Å². The molecule has 0 amide bonds. The molecule has 0 bridgehead atoms. The average molecular weight is 231 g/mol. The molecule has 94 valence electrons. The summed E-state index contributed by atoms with van der Waals surface area (Å²) in [5.41, 5.74) is 4.45. The topological polar surface area (TPSA) is 12.0 Å². The van der Waals surface area contributed by atoms with E-state index in [1.54, 1.807) is 5.57 Å². The van der Waals surface area contributed by atoms with Crippen LogP contribution in [0.2, 0.25) is 0 Å². The highest BCUT2D eigenvalue weighted by Gasteiger charge is 2.08. The first-order valence-electron chi connectivity index (χ1n) is 6.88. The Balaban J connectivity index is 0.000000686. The number of hydrogen-bond donors (Lipinski definition) is 1. The molecule has 1 heteroatoms. The average Bonchev–Trinajstić information content (AvgIpc) is 2.41. The molecule has 0 atom stereocenters. The maximum absolute atomic E-state index is 3.47. The van der Waals surface area contributed by atoms with Crippen LogP contribution in [0.1, 0.15) is 44.7 Å². The van der Waals surface area contributed by atoms with Crippen molar-refractivity contribution in [3.63, 3.8) is 0 Å². The van der Waals surface area contributed by atoms with Crippen LogP contribution in [-0.4, -0.2) is 13.1 Å². The lowest BCUT2D eigenvalue weighted by Gasteiger charge is -2.16. The van der Waals surface area contributed by atoms with Crippen molar-refractivity contribution < 1.29 is 0 Å². The Kier molecular flexibility index (Phi) is 6.64. The van der Waals surface area contributed by atoms with Gasteiger partial charge in [-0.15, -0.1) is 0 Å². The lowest BCUT2D eigenvalue weighted by atomic mass is 9.92. The van der Waals surface area contributed by atoms with E-state index in [9.17, 15) is 0 Å². The Morgan fingerprint density at radius 3 is 2.65 bits per heavy atom. The van der Waals surface area contributed by atoms with E-state index >= 15 is 0 Å². The van der Waals surface area contributed by atoms with Gasteiger partial charge < -0.3 is 5.32 Å². The molecule has 17 heavy (non-hydrogen) atoms. The molecule has 1 aliphatic carbocycles. The summed E-state index contributed by atoms with van der Waals surface area (Å²) in [7, 11) is 0. The van der Waals surface area contributed by atoms with Crippen LogP contribution in [0.5, 0.6) is 0 Å². The normalized spacial score (nSPS) is 13.2. The van der Waals surface area contributed by atoms with Crippen LogP contribution in [0.15, 0.2) is 29.8 Å². The molecule has 1 aromatic rings. The van der Waals surface area contributed by atoms with Gasteiger partial charge in [-0.25, -0.2) is 0 Å². The van der Waals surface area contributed by atoms with Gasteiger partial charge in [-0.2, -0.15) is 0 Å². The van der Waals surface area contributed by atoms with Gasteiger partial charge in [0.15, 0.2) is 0 Å². The molecule has 0 radical (unpaired) electrons. The van der Waals surface area contributed by atoms with Gasteiger partial charge in [0.2, 0.25) is 0 Å². The summed E-state index contributed by atoms with van der Waals surface area (Å²) < 4.78 is 0. The summed E-state index contributed by atoms with van der Waals surface area (Å²) in [6.45, 7) is 8.39. The van der Waals surface area contributed by atoms with Gasteiger partial charge in [-0.05, 0) is 36.9 Å². The lowest BCUT2D eigenvalue weighted by Crippen LogP contribution is -2.19. The summed E-state index contributed by atoms with van der Waals surface area (Å²) in [4.78, 5) is 0. The van der Waals surface area contributed by atoms with Crippen molar-refractivity contribution in [3.05, 3.63) is 41.0 Å². The van der Waals surface area contributed by atoms with Crippen molar-refractivity contribution in [1.29, 1.82) is 0 Å². The van der Waals surface area contributed by atoms with Crippen LogP contribution in [0.25, 0.3) is 6.08 Å². The van der Waals surface area contributed by atoms with E-state index in [1.807, 2.05) is 13.8 Å². The summed E-state index contributed by atoms with van der Waals surface area (Å²) in [6, 6.07) is 8.71. The van der Waals surface area contributed by atoms with Gasteiger partial charge in [-0.3, -0.25) is 0 Å². The first-order chi connectivity index (χ1) is 8.40. The second-order valence-electron chi connectivity index (χ2n) is 4.18. The first-order valence-corrected chi connectivity index (χ1v) is 6.88. The molecule has 0 saturated carbocycles. The molecule has 2 rings (SSSR count). The molecule has 0 fully saturated rings. The lowest BCUT2D eigenvalue weighted by molar-refractivity contribution is 0.696. The Morgan fingerprint density at radius 1 is 1.12 bits per heavy atom. The van der Waals surface area contributed by atoms with Crippen molar-refractivity contribution in [2.24, 2.45) is 0 Å². The molecular formula is C16H25N. The predicted molar refractivity (Wildman–Crippen MR) is 77.2 cm³/mol. The minimum Gasteiger partial charge on any atom is -0.313 e. The maximum atomic E-state index is 3.47. The largest absolute Gasteiger partial charge is 0.313 e. The molecule has 0 unspecified atom stereocenters. The van der Waals surface area contributed by atoms with Crippen LogP contribution >= 0.6 is 0 Å². The van der Waals surface area contributed by atoms with Gasteiger partial charge in [0.1, 0.15) is 0 Å². The molecule has 0 aliphatic heterocycles. The molecule has 0 aromatic heterocycles. The second kappa shape index (κ2) is 8.08. The maximum Gasteiger partial charge on any atom is 0.0168 e. The molecule has 1 aliphatic rings. The van der Waals surface area contributed by atoms with Crippen molar-refractivity contribution in [2.45, 2.75) is 40.0 Å². The van der Waals surface area contributed by atoms with Gasteiger partial charge >= 0.3 is 0 Å². The minimum atomic E-state index is 1.06. The van der Waals surface area contributed by atoms with Gasteiger partial charge in [-0.1, -0.05) is 56.7 Å². The number of fused-ring (bicyclic) bond motifs is 1. The van der Waals surface area contributed by atoms with E-state index in [0.29, 0.717) is 0 Å². The molecule has 1 nitrogen and oxygen atoms in total. The van der Waals surface area contributed by atoms with Crippen LogP contribution in [0, 0.1) is 0 Å². The van der Waals surface area contributed by atoms with E-state index in [0.717, 1.165) is 13.1 Å². The summed E-state index contributed by atoms with van der Waals surface area (Å²) in [5, 5.41) is 3.47. The smallest absolute Gasteiger partial charge is 0.0168 e. The number of hydrogen-bond acceptors (Lipinski definition) is 1. The van der Waals surface area contributed by atoms with Crippen molar-refractivity contribution >= 4 is 6.08 Å². The fraction of sp³-hybridized carbons (Fsp3) is 0.500. The van der Waals surface area contributed by atoms with Crippen LogP contribution < -0.4 is 5.32 Å². The van der Waals surface area contributed by atoms with Crippen molar-refractivity contribution in [1.82, 2.24) is 5.32 Å². The number of nitrogens with one attached hydrogen (secondary N) is 1. The van der Waals surface area contributed by atoms with E-state index < -0.39 is 0 Å². The highest BCUT2D eigenvalue weighted by atomic mass is 14.8. The third-order valence-corrected chi connectivity index (χ3v) is 2.91. The predicted octanol–water partition coefficient (Wildman–Crippen LogP) is 4.04. The third kappa shape index (κ3) is 4.35. The quantitative estimate of drug-likeness (QED) is 0.771. The standard InChI is InChI=1S/C14H19N.C2H6/c1-2-9-15-11-12-7-8-13-5-3-4-6-14(13)10-12;1-2/h3-6,10,15H,2,7-9,11H2,1H3;1-2H3. The minimum absolute atomic E-state index is 1.06. The second-order valence-corrected chi connectivity index (χ2v) is 4.18. The molecule has 0 heterocycles. The van der Waals surface area contributed by atoms with Crippen LogP contribution in [0.4, 0.5) is 0 Å². The Bertz CT molecular complexity index is 352. The zero-order valence-electron chi connectivity index (χ0n) is 11.4. The summed E-state index contributed by atoms with van der Waals surface area (Å²) in [6.07, 6.45) is 5.98. The zero-order valence-corrected chi connectivity index (χ0v) is 11.4. The Labute approximate surface area is 106 Å². The molecule has 0 spiro atoms. The van der Waals surface area contributed by atoms with E-state index in [4.69, 9.17) is 0 Å². The molecular weight excluding hydrogens is 206 g/mol. The van der Waals surface area contributed by atoms with Crippen molar-refractivity contribution in [2.75, 3.05) is 13.1 Å². The van der Waals surface area contributed by atoms with E-state index in [1.165, 1.54) is 30.4 Å². The molecule has 1 N–H and O–H groups in total. The fourth-order valence-electron chi connectivity index (χ4n) is 2.06. The first kappa shape index (κ1) is 14.0. The van der Waals surface area contributed by atoms with E-state index in [-0.39, 0.29) is 0 Å².